The molecule has 1 aliphatic carbocycles. The summed E-state index contributed by atoms with van der Waals surface area (Å²) in [5, 5.41) is 9.22. The minimum atomic E-state index is -0.776. The summed E-state index contributed by atoms with van der Waals surface area (Å²) >= 11 is 0. The molecule has 0 bridgehead atoms. The number of hydrogen-bond donors (Lipinski definition) is 3. The van der Waals surface area contributed by atoms with E-state index >= 15 is 0 Å². The fraction of sp³-hybridized carbons (Fsp3) is 0.531. The van der Waals surface area contributed by atoms with Crippen molar-refractivity contribution in [3.63, 3.8) is 0 Å². The summed E-state index contributed by atoms with van der Waals surface area (Å²) in [5.41, 5.74) is 5.26. The lowest BCUT2D eigenvalue weighted by Gasteiger charge is -2.42. The largest absolute Gasteiger partial charge is 0.347 e. The fourth-order valence-electron chi connectivity index (χ4n) is 5.71. The Balaban J connectivity index is 1.66. The molecule has 1 heterocycles. The number of carbonyl (C=O) groups is 3. The van der Waals surface area contributed by atoms with Crippen LogP contribution in [0.5, 0.6) is 0 Å². The van der Waals surface area contributed by atoms with Crippen molar-refractivity contribution >= 4 is 17.7 Å². The Hall–Kier alpha value is -3.19. The number of aryl methyl sites for hydroxylation is 2. The lowest BCUT2D eigenvalue weighted by atomic mass is 9.83. The molecule has 0 saturated heterocycles. The molecule has 2 aliphatic rings. The van der Waals surface area contributed by atoms with Crippen molar-refractivity contribution < 1.29 is 14.4 Å². The highest BCUT2D eigenvalue weighted by molar-refractivity contribution is 5.94. The van der Waals surface area contributed by atoms with E-state index in [0.717, 1.165) is 36.8 Å². The van der Waals surface area contributed by atoms with Gasteiger partial charge in [-0.25, -0.2) is 0 Å². The first kappa shape index (κ1) is 28.8. The van der Waals surface area contributed by atoms with Crippen LogP contribution < -0.4 is 16.0 Å². The van der Waals surface area contributed by atoms with Crippen LogP contribution in [0.1, 0.15) is 81.3 Å². The van der Waals surface area contributed by atoms with E-state index in [-0.39, 0.29) is 23.8 Å². The highest BCUT2D eigenvalue weighted by Gasteiger charge is 2.42. The van der Waals surface area contributed by atoms with Gasteiger partial charge in [0.15, 0.2) is 0 Å². The molecule has 0 aromatic heterocycles. The maximum Gasteiger partial charge on any atom is 0.246 e. The molecular formula is C32H44N4O3. The van der Waals surface area contributed by atoms with Crippen molar-refractivity contribution in [1.82, 2.24) is 20.9 Å². The summed E-state index contributed by atoms with van der Waals surface area (Å²) in [6.45, 7) is 10.1. The molecule has 3 amide bonds. The van der Waals surface area contributed by atoms with Crippen LogP contribution >= 0.6 is 0 Å². The van der Waals surface area contributed by atoms with E-state index in [1.807, 2.05) is 32.9 Å². The zero-order chi connectivity index (χ0) is 28.3. The van der Waals surface area contributed by atoms with Gasteiger partial charge in [0.25, 0.3) is 0 Å². The fourth-order valence-corrected chi connectivity index (χ4v) is 5.71. The van der Waals surface area contributed by atoms with E-state index in [9.17, 15) is 14.4 Å². The molecule has 0 unspecified atom stereocenters. The summed E-state index contributed by atoms with van der Waals surface area (Å²) in [6, 6.07) is 12.7. The van der Waals surface area contributed by atoms with E-state index < -0.39 is 23.5 Å². The topological polar surface area (TPSA) is 90.5 Å². The second-order valence-electron chi connectivity index (χ2n) is 12.1. The predicted molar refractivity (Wildman–Crippen MR) is 154 cm³/mol. The smallest absolute Gasteiger partial charge is 0.246 e. The summed E-state index contributed by atoms with van der Waals surface area (Å²) in [7, 11) is 1.72. The Morgan fingerprint density at radius 2 is 1.79 bits per heavy atom. The second-order valence-corrected chi connectivity index (χ2v) is 12.1. The monoisotopic (exact) mass is 532 g/mol. The molecule has 1 aliphatic heterocycles. The van der Waals surface area contributed by atoms with Gasteiger partial charge >= 0.3 is 0 Å². The van der Waals surface area contributed by atoms with Gasteiger partial charge in [-0.2, -0.15) is 0 Å². The minimum absolute atomic E-state index is 0.0714. The zero-order valence-corrected chi connectivity index (χ0v) is 24.3. The van der Waals surface area contributed by atoms with Gasteiger partial charge < -0.3 is 20.9 Å². The number of rotatable bonds is 7. The quantitative estimate of drug-likeness (QED) is 0.506. The van der Waals surface area contributed by atoms with Gasteiger partial charge in [0.1, 0.15) is 12.1 Å². The average Bonchev–Trinajstić information content (AvgIpc) is 2.93. The number of nitrogens with one attached hydrogen (secondary N) is 3. The third-order valence-electron chi connectivity index (χ3n) is 8.31. The van der Waals surface area contributed by atoms with Crippen LogP contribution in [0.2, 0.25) is 0 Å². The number of benzene rings is 2. The van der Waals surface area contributed by atoms with Crippen LogP contribution in [0.3, 0.4) is 0 Å². The van der Waals surface area contributed by atoms with Crippen molar-refractivity contribution in [2.24, 2.45) is 5.41 Å². The van der Waals surface area contributed by atoms with Crippen molar-refractivity contribution in [3.8, 4) is 0 Å². The van der Waals surface area contributed by atoms with Gasteiger partial charge in [0, 0.05) is 13.0 Å². The van der Waals surface area contributed by atoms with Crippen LogP contribution in [-0.4, -0.2) is 47.8 Å². The molecule has 4 atom stereocenters. The Labute approximate surface area is 233 Å². The molecule has 210 valence electrons. The van der Waals surface area contributed by atoms with Gasteiger partial charge in [0.2, 0.25) is 17.7 Å². The summed E-state index contributed by atoms with van der Waals surface area (Å²) in [5.74, 6) is -0.606. The predicted octanol–water partition coefficient (Wildman–Crippen LogP) is 3.83. The van der Waals surface area contributed by atoms with Crippen LogP contribution in [0, 0.1) is 5.41 Å². The van der Waals surface area contributed by atoms with Crippen molar-refractivity contribution in [1.29, 1.82) is 0 Å². The van der Waals surface area contributed by atoms with Crippen LogP contribution in [0.4, 0.5) is 0 Å². The van der Waals surface area contributed by atoms with Gasteiger partial charge in [-0.3, -0.25) is 14.4 Å². The third-order valence-corrected chi connectivity index (χ3v) is 8.31. The van der Waals surface area contributed by atoms with E-state index in [1.165, 1.54) is 16.7 Å². The number of carbonyl (C=O) groups excluding carboxylic acids is 3. The first-order valence-corrected chi connectivity index (χ1v) is 14.3. The van der Waals surface area contributed by atoms with Crippen LogP contribution in [-0.2, 0) is 40.2 Å². The lowest BCUT2D eigenvalue weighted by molar-refractivity contribution is -0.147. The summed E-state index contributed by atoms with van der Waals surface area (Å²) in [6.07, 6.45) is 4.25. The number of amides is 3. The van der Waals surface area contributed by atoms with Gasteiger partial charge in [-0.15, -0.1) is 0 Å². The Morgan fingerprint density at radius 1 is 1.05 bits per heavy atom. The first-order valence-electron chi connectivity index (χ1n) is 14.3. The minimum Gasteiger partial charge on any atom is -0.347 e. The SMILES string of the molecule is CCc1ccc2c(c1)CN(C(=O)[C@@H](NC(=O)[C@H](C)NC)C(C)(C)C)[C@H](C(=O)N[C@@H]1CCCc3ccccc31)C2. The van der Waals surface area contributed by atoms with E-state index in [0.29, 0.717) is 13.0 Å². The summed E-state index contributed by atoms with van der Waals surface area (Å²) < 4.78 is 0. The summed E-state index contributed by atoms with van der Waals surface area (Å²) in [4.78, 5) is 42.8. The van der Waals surface area contributed by atoms with Crippen LogP contribution in [0.25, 0.3) is 0 Å². The number of hydrogen-bond acceptors (Lipinski definition) is 4. The third kappa shape index (κ3) is 6.35. The van der Waals surface area contributed by atoms with E-state index in [1.54, 1.807) is 18.9 Å². The molecule has 0 saturated carbocycles. The highest BCUT2D eigenvalue weighted by atomic mass is 16.2. The van der Waals surface area contributed by atoms with Crippen LogP contribution in [0.15, 0.2) is 42.5 Å². The molecule has 7 heteroatoms. The van der Waals surface area contributed by atoms with Crippen molar-refractivity contribution in [2.75, 3.05) is 7.05 Å². The molecule has 0 spiro atoms. The molecule has 7 nitrogen and oxygen atoms in total. The molecule has 2 aromatic carbocycles. The molecule has 4 rings (SSSR count). The molecule has 0 radical (unpaired) electrons. The Bertz CT molecular complexity index is 1220. The normalized spacial score (nSPS) is 20.3. The maximum absolute atomic E-state index is 14.3. The Morgan fingerprint density at radius 3 is 2.49 bits per heavy atom. The molecule has 2 aromatic rings. The van der Waals surface area contributed by atoms with Gasteiger partial charge in [-0.1, -0.05) is 70.2 Å². The van der Waals surface area contributed by atoms with E-state index in [4.69, 9.17) is 0 Å². The van der Waals surface area contributed by atoms with Gasteiger partial charge in [0.05, 0.1) is 12.1 Å². The molecule has 0 fully saturated rings. The average molecular weight is 533 g/mol. The lowest BCUT2D eigenvalue weighted by Crippen LogP contribution is -2.62. The standard InChI is InChI=1S/C32H44N4O3/c1-7-21-15-16-23-18-27(30(38)34-26-14-10-12-22-11-8-9-13-25(22)26)36(19-24(23)17-21)31(39)28(32(3,4)5)35-29(37)20(2)33-6/h8-9,11,13,15-17,20,26-28,33H,7,10,12,14,18-19H2,1-6H3,(H,34,38)(H,35,37)/t20-,26+,27-,28+/m0/s1. The number of fused-ring (bicyclic) bond motifs is 2. The van der Waals surface area contributed by atoms with Gasteiger partial charge in [-0.05, 0) is 72.9 Å². The van der Waals surface area contributed by atoms with Crippen molar-refractivity contribution in [2.45, 2.75) is 97.4 Å². The Kier molecular flexibility index (Phi) is 8.80. The molecule has 3 N–H and O–H groups in total. The van der Waals surface area contributed by atoms with Crippen molar-refractivity contribution in [3.05, 3.63) is 70.3 Å². The maximum atomic E-state index is 14.3. The molecular weight excluding hydrogens is 488 g/mol. The number of likely N-dealkylation sites (N-methyl/N-ethyl adjacent to an activating group) is 1. The first-order chi connectivity index (χ1) is 18.5. The zero-order valence-electron chi connectivity index (χ0n) is 24.3. The number of nitrogens with zero attached hydrogens (tertiary/aromatic N) is 1. The van der Waals surface area contributed by atoms with E-state index in [2.05, 4.69) is 53.2 Å². The highest BCUT2D eigenvalue weighted by Crippen LogP contribution is 2.32. The molecule has 39 heavy (non-hydrogen) atoms. The second kappa shape index (κ2) is 11.9.